The van der Waals surface area contributed by atoms with E-state index in [0.717, 1.165) is 17.3 Å². The molecule has 3 nitrogen and oxygen atoms in total. The van der Waals surface area contributed by atoms with Crippen molar-refractivity contribution in [2.75, 3.05) is 12.4 Å². The van der Waals surface area contributed by atoms with Crippen molar-refractivity contribution in [1.82, 2.24) is 4.90 Å². The third-order valence-corrected chi connectivity index (χ3v) is 3.40. The van der Waals surface area contributed by atoms with Gasteiger partial charge in [0.1, 0.15) is 6.10 Å². The molecule has 0 radical (unpaired) electrons. The summed E-state index contributed by atoms with van der Waals surface area (Å²) in [5.74, 6) is 0.535. The first kappa shape index (κ1) is 10.3. The number of fused-ring (bicyclic) bond motifs is 1. The summed E-state index contributed by atoms with van der Waals surface area (Å²) < 4.78 is 6.30. The molecule has 2 rings (SSSR count). The maximum atomic E-state index is 11.5. The molecule has 78 valence electrons. The van der Waals surface area contributed by atoms with Crippen LogP contribution < -0.4 is 0 Å². The van der Waals surface area contributed by atoms with Crippen LogP contribution >= 0.6 is 27.5 Å². The van der Waals surface area contributed by atoms with Crippen LogP contribution in [0.4, 0.5) is 4.79 Å². The Morgan fingerprint density at radius 3 is 3.21 bits per heavy atom. The number of nitrogens with zero attached hydrogens (tertiary/aromatic N) is 1. The molecule has 0 bridgehead atoms. The highest BCUT2D eigenvalue weighted by Gasteiger charge is 2.42. The molecule has 2 atom stereocenters. The second-order valence-corrected chi connectivity index (χ2v) is 4.88. The SMILES string of the molecule is O=C1O[C@@H](CCCl)[C@@H]2CC=C(Br)CN12. The largest absolute Gasteiger partial charge is 0.444 e. The number of carbonyl (C=O) groups is 1. The summed E-state index contributed by atoms with van der Waals surface area (Å²) in [6.07, 6.45) is 3.45. The standard InChI is InChI=1S/C9H11BrClNO2/c10-6-1-2-7-8(3-4-11)14-9(13)12(7)5-6/h1,7-8H,2-5H2/t7-,8-/m0/s1. The van der Waals surface area contributed by atoms with Crippen molar-refractivity contribution < 1.29 is 9.53 Å². The molecule has 0 N–H and O–H groups in total. The zero-order valence-corrected chi connectivity index (χ0v) is 9.92. The fourth-order valence-corrected chi connectivity index (χ4v) is 2.58. The minimum atomic E-state index is -0.213. The first-order valence-corrected chi connectivity index (χ1v) is 5.93. The minimum absolute atomic E-state index is 0.0307. The molecule has 0 aliphatic carbocycles. The third kappa shape index (κ3) is 1.77. The van der Waals surface area contributed by atoms with Crippen molar-refractivity contribution in [3.63, 3.8) is 0 Å². The topological polar surface area (TPSA) is 29.5 Å². The average Bonchev–Trinajstić information content (AvgIpc) is 2.44. The van der Waals surface area contributed by atoms with Crippen molar-refractivity contribution in [2.45, 2.75) is 25.0 Å². The van der Waals surface area contributed by atoms with Gasteiger partial charge >= 0.3 is 6.09 Å². The molecule has 1 saturated heterocycles. The molecule has 2 aliphatic rings. The molecular formula is C9H11BrClNO2. The lowest BCUT2D eigenvalue weighted by molar-refractivity contribution is 0.128. The molecule has 2 heterocycles. The molecule has 5 heteroatoms. The van der Waals surface area contributed by atoms with E-state index in [1.165, 1.54) is 0 Å². The predicted molar refractivity (Wildman–Crippen MR) is 57.7 cm³/mol. The van der Waals surface area contributed by atoms with Gasteiger partial charge in [-0.3, -0.25) is 4.90 Å². The Balaban J connectivity index is 2.11. The fraction of sp³-hybridized carbons (Fsp3) is 0.667. The lowest BCUT2D eigenvalue weighted by atomic mass is 10.0. The van der Waals surface area contributed by atoms with Gasteiger partial charge in [0.05, 0.1) is 12.6 Å². The molecule has 1 fully saturated rings. The van der Waals surface area contributed by atoms with Crippen LogP contribution in [0.2, 0.25) is 0 Å². The van der Waals surface area contributed by atoms with Crippen molar-refractivity contribution in [2.24, 2.45) is 0 Å². The Kier molecular flexibility index (Phi) is 3.02. The summed E-state index contributed by atoms with van der Waals surface area (Å²) in [4.78, 5) is 13.2. The summed E-state index contributed by atoms with van der Waals surface area (Å²) in [6, 6.07) is 0.183. The second kappa shape index (κ2) is 4.11. The molecule has 0 saturated carbocycles. The fourth-order valence-electron chi connectivity index (χ4n) is 1.91. The minimum Gasteiger partial charge on any atom is -0.444 e. The van der Waals surface area contributed by atoms with Crippen LogP contribution in [0.3, 0.4) is 0 Å². The van der Waals surface area contributed by atoms with Crippen LogP contribution in [-0.2, 0) is 4.74 Å². The zero-order chi connectivity index (χ0) is 10.1. The lowest BCUT2D eigenvalue weighted by Gasteiger charge is -2.26. The number of hydrogen-bond donors (Lipinski definition) is 0. The summed E-state index contributed by atoms with van der Waals surface area (Å²) >= 11 is 9.05. The predicted octanol–water partition coefficient (Wildman–Crippen LogP) is 2.49. The summed E-state index contributed by atoms with van der Waals surface area (Å²) in [7, 11) is 0. The van der Waals surface area contributed by atoms with Gasteiger partial charge in [-0.05, 0) is 6.42 Å². The van der Waals surface area contributed by atoms with Gasteiger partial charge in [-0.15, -0.1) is 11.6 Å². The van der Waals surface area contributed by atoms with Gasteiger partial charge in [0.2, 0.25) is 0 Å². The highest BCUT2D eigenvalue weighted by atomic mass is 79.9. The second-order valence-electron chi connectivity index (χ2n) is 3.48. The normalized spacial score (nSPS) is 31.1. The number of cyclic esters (lactones) is 1. The number of halogens is 2. The highest BCUT2D eigenvalue weighted by molar-refractivity contribution is 9.11. The maximum absolute atomic E-state index is 11.5. The highest BCUT2D eigenvalue weighted by Crippen LogP contribution is 2.31. The van der Waals surface area contributed by atoms with Crippen LogP contribution in [0.1, 0.15) is 12.8 Å². The van der Waals surface area contributed by atoms with E-state index in [-0.39, 0.29) is 18.2 Å². The van der Waals surface area contributed by atoms with E-state index in [1.54, 1.807) is 4.90 Å². The van der Waals surface area contributed by atoms with Gasteiger partial charge in [0.15, 0.2) is 0 Å². The molecule has 0 unspecified atom stereocenters. The summed E-state index contributed by atoms with van der Waals surface area (Å²) in [5, 5.41) is 0. The van der Waals surface area contributed by atoms with E-state index in [2.05, 4.69) is 22.0 Å². The number of amides is 1. The molecular weight excluding hydrogens is 269 g/mol. The molecule has 0 aromatic rings. The van der Waals surface area contributed by atoms with Crippen LogP contribution in [-0.4, -0.2) is 35.6 Å². The Morgan fingerprint density at radius 2 is 2.50 bits per heavy atom. The first-order valence-electron chi connectivity index (χ1n) is 4.60. The van der Waals surface area contributed by atoms with Crippen LogP contribution in [0.5, 0.6) is 0 Å². The van der Waals surface area contributed by atoms with Gasteiger partial charge in [-0.2, -0.15) is 0 Å². The summed E-state index contributed by atoms with van der Waals surface area (Å²) in [5.41, 5.74) is 0. The monoisotopic (exact) mass is 279 g/mol. The quantitative estimate of drug-likeness (QED) is 0.727. The number of carbonyl (C=O) groups excluding carboxylic acids is 1. The third-order valence-electron chi connectivity index (χ3n) is 2.61. The summed E-state index contributed by atoms with van der Waals surface area (Å²) in [6.45, 7) is 0.627. The van der Waals surface area contributed by atoms with Gasteiger partial charge in [-0.1, -0.05) is 22.0 Å². The Labute approximate surface area is 96.2 Å². The molecule has 14 heavy (non-hydrogen) atoms. The molecule has 0 aromatic heterocycles. The van der Waals surface area contributed by atoms with Crippen molar-refractivity contribution in [1.29, 1.82) is 0 Å². The van der Waals surface area contributed by atoms with Crippen molar-refractivity contribution in [3.05, 3.63) is 10.6 Å². The molecule has 2 aliphatic heterocycles. The van der Waals surface area contributed by atoms with Crippen molar-refractivity contribution >= 4 is 33.6 Å². The van der Waals surface area contributed by atoms with E-state index in [1.807, 2.05) is 0 Å². The maximum Gasteiger partial charge on any atom is 0.410 e. The van der Waals surface area contributed by atoms with Crippen LogP contribution in [0, 0.1) is 0 Å². The smallest absolute Gasteiger partial charge is 0.410 e. The first-order chi connectivity index (χ1) is 6.72. The van der Waals surface area contributed by atoms with Gasteiger partial charge in [0.25, 0.3) is 0 Å². The van der Waals surface area contributed by atoms with Gasteiger partial charge < -0.3 is 4.74 Å². The average molecular weight is 281 g/mol. The van der Waals surface area contributed by atoms with Gasteiger partial charge in [-0.25, -0.2) is 4.79 Å². The Morgan fingerprint density at radius 1 is 1.71 bits per heavy atom. The van der Waals surface area contributed by atoms with E-state index < -0.39 is 0 Å². The van der Waals surface area contributed by atoms with Crippen molar-refractivity contribution in [3.8, 4) is 0 Å². The molecule has 1 amide bonds. The number of alkyl halides is 1. The number of rotatable bonds is 2. The van der Waals surface area contributed by atoms with Gasteiger partial charge in [0, 0.05) is 16.8 Å². The van der Waals surface area contributed by atoms with E-state index in [0.29, 0.717) is 12.4 Å². The number of hydrogen-bond acceptors (Lipinski definition) is 2. The van der Waals surface area contributed by atoms with Crippen LogP contribution in [0.25, 0.3) is 0 Å². The Bertz CT molecular complexity index is 282. The Hall–Kier alpha value is -0.220. The number of ether oxygens (including phenoxy) is 1. The molecule has 0 spiro atoms. The van der Waals surface area contributed by atoms with E-state index >= 15 is 0 Å². The van der Waals surface area contributed by atoms with Crippen LogP contribution in [0.15, 0.2) is 10.6 Å². The van der Waals surface area contributed by atoms with E-state index in [4.69, 9.17) is 16.3 Å². The lowest BCUT2D eigenvalue weighted by Crippen LogP contribution is -2.39. The van der Waals surface area contributed by atoms with E-state index in [9.17, 15) is 4.79 Å². The zero-order valence-electron chi connectivity index (χ0n) is 7.58. The molecule has 0 aromatic carbocycles.